The summed E-state index contributed by atoms with van der Waals surface area (Å²) >= 11 is 0. The number of nitrogens with zero attached hydrogens (tertiary/aromatic N) is 3. The lowest BCUT2D eigenvalue weighted by Gasteiger charge is -2.37. The minimum atomic E-state index is -4.28. The van der Waals surface area contributed by atoms with Crippen LogP contribution in [0.5, 0.6) is 5.75 Å². The third-order valence-corrected chi connectivity index (χ3v) is 4.03. The number of aliphatic imine (C=N–C) groups is 1. The standard InChI is InChI=1S/C17H25F3N4O2/c1-21-16(22-7-4-12-26-13-17(18,19)20)24-10-8-23(9-11-24)14-5-2-3-6-15(14)25/h2-3,5-6,25H,4,7-13H2,1H3,(H,21,22). The van der Waals surface area contributed by atoms with E-state index >= 15 is 0 Å². The van der Waals surface area contributed by atoms with E-state index in [0.29, 0.717) is 13.0 Å². The van der Waals surface area contributed by atoms with E-state index in [1.807, 2.05) is 12.1 Å². The lowest BCUT2D eigenvalue weighted by atomic mass is 10.2. The van der Waals surface area contributed by atoms with Gasteiger partial charge in [0.2, 0.25) is 0 Å². The molecule has 1 aliphatic heterocycles. The first kappa shape index (κ1) is 20.2. The van der Waals surface area contributed by atoms with Crippen molar-refractivity contribution >= 4 is 11.6 Å². The molecule has 0 unspecified atom stereocenters. The van der Waals surface area contributed by atoms with Gasteiger partial charge < -0.3 is 25.0 Å². The number of phenolic OH excluding ortho intramolecular Hbond substituents is 1. The van der Waals surface area contributed by atoms with Gasteiger partial charge in [0.25, 0.3) is 0 Å². The third-order valence-electron chi connectivity index (χ3n) is 4.03. The summed E-state index contributed by atoms with van der Waals surface area (Å²) in [7, 11) is 1.68. The van der Waals surface area contributed by atoms with Crippen molar-refractivity contribution in [1.82, 2.24) is 10.2 Å². The molecule has 0 amide bonds. The van der Waals surface area contributed by atoms with Gasteiger partial charge in [-0.2, -0.15) is 13.2 Å². The zero-order valence-electron chi connectivity index (χ0n) is 14.8. The molecule has 6 nitrogen and oxygen atoms in total. The highest BCUT2D eigenvalue weighted by Gasteiger charge is 2.27. The topological polar surface area (TPSA) is 60.3 Å². The van der Waals surface area contributed by atoms with Gasteiger partial charge in [-0.3, -0.25) is 4.99 Å². The first-order chi connectivity index (χ1) is 12.4. The van der Waals surface area contributed by atoms with E-state index < -0.39 is 12.8 Å². The van der Waals surface area contributed by atoms with Gasteiger partial charge in [-0.1, -0.05) is 12.1 Å². The number of anilines is 1. The largest absolute Gasteiger partial charge is 0.506 e. The Balaban J connectivity index is 1.71. The predicted molar refractivity (Wildman–Crippen MR) is 94.7 cm³/mol. The van der Waals surface area contributed by atoms with Crippen LogP contribution < -0.4 is 10.2 Å². The molecular formula is C17H25F3N4O2. The molecule has 1 aromatic rings. The van der Waals surface area contributed by atoms with Gasteiger partial charge in [0.15, 0.2) is 5.96 Å². The second kappa shape index (κ2) is 9.51. The molecule has 1 aliphatic rings. The Kier molecular flexibility index (Phi) is 7.38. The fourth-order valence-electron chi connectivity index (χ4n) is 2.79. The summed E-state index contributed by atoms with van der Waals surface area (Å²) in [6.45, 7) is 2.28. The Morgan fingerprint density at radius 1 is 1.23 bits per heavy atom. The molecule has 2 N–H and O–H groups in total. The number of para-hydroxylation sites is 2. The normalized spacial score (nSPS) is 16.1. The molecule has 1 heterocycles. The number of guanidine groups is 1. The van der Waals surface area contributed by atoms with E-state index in [2.05, 4.69) is 24.8 Å². The van der Waals surface area contributed by atoms with Gasteiger partial charge in [0.05, 0.1) is 5.69 Å². The Morgan fingerprint density at radius 2 is 1.92 bits per heavy atom. The lowest BCUT2D eigenvalue weighted by molar-refractivity contribution is -0.173. The summed E-state index contributed by atoms with van der Waals surface area (Å²) in [6, 6.07) is 7.24. The van der Waals surface area contributed by atoms with Gasteiger partial charge in [-0.05, 0) is 18.6 Å². The first-order valence-corrected chi connectivity index (χ1v) is 8.54. The van der Waals surface area contributed by atoms with E-state index in [0.717, 1.165) is 37.8 Å². The molecule has 2 rings (SSSR count). The Morgan fingerprint density at radius 3 is 2.54 bits per heavy atom. The van der Waals surface area contributed by atoms with Crippen LogP contribution >= 0.6 is 0 Å². The van der Waals surface area contributed by atoms with Crippen LogP contribution in [-0.4, -0.2) is 75.1 Å². The first-order valence-electron chi connectivity index (χ1n) is 8.54. The molecule has 0 aromatic heterocycles. The van der Waals surface area contributed by atoms with Gasteiger partial charge in [0.1, 0.15) is 12.4 Å². The van der Waals surface area contributed by atoms with E-state index in [1.54, 1.807) is 19.2 Å². The summed E-state index contributed by atoms with van der Waals surface area (Å²) < 4.78 is 40.5. The van der Waals surface area contributed by atoms with Crippen molar-refractivity contribution in [3.05, 3.63) is 24.3 Å². The summed E-state index contributed by atoms with van der Waals surface area (Å²) in [4.78, 5) is 8.43. The molecule has 9 heteroatoms. The number of piperazine rings is 1. The Labute approximate surface area is 151 Å². The highest BCUT2D eigenvalue weighted by molar-refractivity contribution is 5.80. The second-order valence-corrected chi connectivity index (χ2v) is 5.96. The van der Waals surface area contributed by atoms with Crippen LogP contribution in [0.15, 0.2) is 29.3 Å². The summed E-state index contributed by atoms with van der Waals surface area (Å²) in [6.07, 6.45) is -3.82. The van der Waals surface area contributed by atoms with Gasteiger partial charge in [-0.15, -0.1) is 0 Å². The van der Waals surface area contributed by atoms with Crippen LogP contribution in [-0.2, 0) is 4.74 Å². The number of aromatic hydroxyl groups is 1. The highest BCUT2D eigenvalue weighted by atomic mass is 19.4. The molecule has 0 aliphatic carbocycles. The van der Waals surface area contributed by atoms with Crippen molar-refractivity contribution in [2.75, 3.05) is 57.9 Å². The minimum absolute atomic E-state index is 0.0462. The molecular weight excluding hydrogens is 349 g/mol. The molecule has 0 radical (unpaired) electrons. The molecule has 1 saturated heterocycles. The molecule has 1 aromatic carbocycles. The van der Waals surface area contributed by atoms with Crippen LogP contribution in [0, 0.1) is 0 Å². The van der Waals surface area contributed by atoms with Crippen LogP contribution in [0.4, 0.5) is 18.9 Å². The maximum atomic E-state index is 12.0. The third kappa shape index (κ3) is 6.29. The van der Waals surface area contributed by atoms with Crippen molar-refractivity contribution in [2.45, 2.75) is 12.6 Å². The maximum Gasteiger partial charge on any atom is 0.411 e. The number of halogens is 3. The summed E-state index contributed by atoms with van der Waals surface area (Å²) in [5, 5.41) is 13.1. The smallest absolute Gasteiger partial charge is 0.411 e. The Hall–Kier alpha value is -2.16. The quantitative estimate of drug-likeness (QED) is 0.454. The molecule has 0 atom stereocenters. The SMILES string of the molecule is CN=C(NCCCOCC(F)(F)F)N1CCN(c2ccccc2O)CC1. The summed E-state index contributed by atoms with van der Waals surface area (Å²) in [5.74, 6) is 0.986. The van der Waals surface area contributed by atoms with Crippen LogP contribution in [0.1, 0.15) is 6.42 Å². The second-order valence-electron chi connectivity index (χ2n) is 5.96. The average Bonchev–Trinajstić information content (AvgIpc) is 2.61. The van der Waals surface area contributed by atoms with Gasteiger partial charge in [0, 0.05) is 46.4 Å². The summed E-state index contributed by atoms with van der Waals surface area (Å²) in [5.41, 5.74) is 0.817. The molecule has 0 bridgehead atoms. The molecule has 26 heavy (non-hydrogen) atoms. The number of hydrogen-bond acceptors (Lipinski definition) is 4. The van der Waals surface area contributed by atoms with Crippen LogP contribution in [0.25, 0.3) is 0 Å². The molecule has 0 saturated carbocycles. The lowest BCUT2D eigenvalue weighted by Crippen LogP contribution is -2.52. The number of ether oxygens (including phenoxy) is 1. The van der Waals surface area contributed by atoms with Crippen LogP contribution in [0.2, 0.25) is 0 Å². The average molecular weight is 374 g/mol. The molecule has 146 valence electrons. The molecule has 1 fully saturated rings. The van der Waals surface area contributed by atoms with E-state index in [4.69, 9.17) is 0 Å². The predicted octanol–water partition coefficient (Wildman–Crippen LogP) is 2.06. The van der Waals surface area contributed by atoms with Crippen LogP contribution in [0.3, 0.4) is 0 Å². The van der Waals surface area contributed by atoms with E-state index in [1.165, 1.54) is 0 Å². The number of rotatable bonds is 6. The fraction of sp³-hybridized carbons (Fsp3) is 0.588. The van der Waals surface area contributed by atoms with Crippen molar-refractivity contribution in [2.24, 2.45) is 4.99 Å². The number of nitrogens with one attached hydrogen (secondary N) is 1. The Bertz CT molecular complexity index is 588. The maximum absolute atomic E-state index is 12.0. The number of hydrogen-bond donors (Lipinski definition) is 2. The number of phenols is 1. The van der Waals surface area contributed by atoms with Crippen molar-refractivity contribution in [3.63, 3.8) is 0 Å². The van der Waals surface area contributed by atoms with Gasteiger partial charge >= 0.3 is 6.18 Å². The zero-order chi connectivity index (χ0) is 19.0. The fourth-order valence-corrected chi connectivity index (χ4v) is 2.79. The number of benzene rings is 1. The van der Waals surface area contributed by atoms with Gasteiger partial charge in [-0.25, -0.2) is 0 Å². The minimum Gasteiger partial charge on any atom is -0.506 e. The van der Waals surface area contributed by atoms with Crippen molar-refractivity contribution < 1.29 is 23.0 Å². The van der Waals surface area contributed by atoms with E-state index in [9.17, 15) is 18.3 Å². The van der Waals surface area contributed by atoms with Crippen molar-refractivity contribution in [3.8, 4) is 5.75 Å². The number of alkyl halides is 3. The highest BCUT2D eigenvalue weighted by Crippen LogP contribution is 2.27. The van der Waals surface area contributed by atoms with E-state index in [-0.39, 0.29) is 12.4 Å². The van der Waals surface area contributed by atoms with Crippen molar-refractivity contribution in [1.29, 1.82) is 0 Å². The zero-order valence-corrected chi connectivity index (χ0v) is 14.8. The monoisotopic (exact) mass is 374 g/mol. The molecule has 0 spiro atoms.